The summed E-state index contributed by atoms with van der Waals surface area (Å²) in [5, 5.41) is 6.61. The van der Waals surface area contributed by atoms with Crippen LogP contribution in [0.15, 0.2) is 48.0 Å². The highest BCUT2D eigenvalue weighted by Gasteiger charge is 2.11. The summed E-state index contributed by atoms with van der Waals surface area (Å²) >= 11 is 0. The molecule has 0 radical (unpaired) electrons. The van der Waals surface area contributed by atoms with Crippen LogP contribution < -0.4 is 10.6 Å². The van der Waals surface area contributed by atoms with Gasteiger partial charge in [-0.3, -0.25) is 4.99 Å². The Morgan fingerprint density at radius 3 is 2.67 bits per heavy atom. The molecule has 0 amide bonds. The molecule has 1 aromatic carbocycles. The molecule has 1 aromatic heterocycles. The van der Waals surface area contributed by atoms with E-state index in [1.807, 2.05) is 12.5 Å². The normalized spacial score (nSPS) is 16.8. The van der Waals surface area contributed by atoms with Crippen LogP contribution in [0.1, 0.15) is 18.1 Å². The van der Waals surface area contributed by atoms with Crippen molar-refractivity contribution in [3.63, 3.8) is 0 Å². The van der Waals surface area contributed by atoms with Crippen LogP contribution in [0, 0.1) is 0 Å². The summed E-state index contributed by atoms with van der Waals surface area (Å²) in [6.45, 7) is 4.64. The Kier molecular flexibility index (Phi) is 5.60. The van der Waals surface area contributed by atoms with Crippen molar-refractivity contribution in [1.29, 1.82) is 0 Å². The molecule has 5 nitrogen and oxygen atoms in total. The van der Waals surface area contributed by atoms with Gasteiger partial charge in [-0.05, 0) is 18.1 Å². The van der Waals surface area contributed by atoms with Crippen molar-refractivity contribution in [3.8, 4) is 0 Å². The largest absolute Gasteiger partial charge is 0.352 e. The molecule has 1 aliphatic heterocycles. The van der Waals surface area contributed by atoms with Gasteiger partial charge < -0.3 is 15.2 Å². The topological polar surface area (TPSA) is 54.2 Å². The number of guanidine groups is 1. The van der Waals surface area contributed by atoms with Crippen LogP contribution in [0.25, 0.3) is 0 Å². The predicted octanol–water partition coefficient (Wildman–Crippen LogP) is 1.99. The molecule has 2 N–H and O–H groups in total. The van der Waals surface area contributed by atoms with Gasteiger partial charge in [-0.1, -0.05) is 24.3 Å². The fourth-order valence-corrected chi connectivity index (χ4v) is 2.20. The third kappa shape index (κ3) is 4.45. The lowest BCUT2D eigenvalue weighted by Gasteiger charge is -2.09. The average Bonchev–Trinajstić information content (AvgIpc) is 3.10. The van der Waals surface area contributed by atoms with Crippen molar-refractivity contribution in [2.24, 2.45) is 4.99 Å². The zero-order valence-corrected chi connectivity index (χ0v) is 14.3. The Morgan fingerprint density at radius 2 is 2.05 bits per heavy atom. The van der Waals surface area contributed by atoms with E-state index in [2.05, 4.69) is 56.4 Å². The fraction of sp³-hybridized carbons (Fsp3) is 0.333. The first-order valence-electron chi connectivity index (χ1n) is 6.88. The molecule has 0 aliphatic carbocycles. The molecule has 0 saturated heterocycles. The molecule has 3 rings (SSSR count). The Balaban J connectivity index is 0.00000161. The number of rotatable bonds is 4. The summed E-state index contributed by atoms with van der Waals surface area (Å²) in [5.41, 5.74) is 2.53. The number of aromatic nitrogens is 2. The van der Waals surface area contributed by atoms with E-state index in [-0.39, 0.29) is 24.0 Å². The van der Waals surface area contributed by atoms with E-state index in [0.29, 0.717) is 6.04 Å². The fourth-order valence-electron chi connectivity index (χ4n) is 2.20. The Hall–Kier alpha value is -1.57. The quantitative estimate of drug-likeness (QED) is 0.777. The number of aliphatic imine (C=N–C) groups is 1. The van der Waals surface area contributed by atoms with Crippen molar-refractivity contribution in [2.75, 3.05) is 6.54 Å². The molecule has 0 saturated carbocycles. The van der Waals surface area contributed by atoms with E-state index in [1.54, 1.807) is 6.20 Å². The van der Waals surface area contributed by atoms with Crippen LogP contribution in [0.3, 0.4) is 0 Å². The molecule has 1 unspecified atom stereocenters. The summed E-state index contributed by atoms with van der Waals surface area (Å²) < 4.78 is 2.06. The number of hydrogen-bond donors (Lipinski definition) is 2. The van der Waals surface area contributed by atoms with Crippen LogP contribution in [0.4, 0.5) is 0 Å². The van der Waals surface area contributed by atoms with E-state index in [9.17, 15) is 0 Å². The molecule has 112 valence electrons. The second-order valence-electron chi connectivity index (χ2n) is 5.14. The van der Waals surface area contributed by atoms with Crippen molar-refractivity contribution in [1.82, 2.24) is 20.2 Å². The number of nitrogens with zero attached hydrogens (tertiary/aromatic N) is 3. The van der Waals surface area contributed by atoms with E-state index >= 15 is 0 Å². The number of hydrogen-bond acceptors (Lipinski definition) is 4. The highest BCUT2D eigenvalue weighted by molar-refractivity contribution is 14.0. The molecule has 0 spiro atoms. The van der Waals surface area contributed by atoms with Gasteiger partial charge in [-0.25, -0.2) is 4.98 Å². The van der Waals surface area contributed by atoms with Crippen molar-refractivity contribution in [2.45, 2.75) is 26.1 Å². The van der Waals surface area contributed by atoms with Crippen LogP contribution in [-0.2, 0) is 13.1 Å². The molecule has 21 heavy (non-hydrogen) atoms. The minimum atomic E-state index is 0. The van der Waals surface area contributed by atoms with Gasteiger partial charge in [0.2, 0.25) is 0 Å². The van der Waals surface area contributed by atoms with Crippen LogP contribution in [0.5, 0.6) is 0 Å². The van der Waals surface area contributed by atoms with Gasteiger partial charge in [0.15, 0.2) is 5.96 Å². The molecule has 0 bridgehead atoms. The summed E-state index contributed by atoms with van der Waals surface area (Å²) in [7, 11) is 0. The highest BCUT2D eigenvalue weighted by Crippen LogP contribution is 2.06. The summed E-state index contributed by atoms with van der Waals surface area (Å²) in [6.07, 6.45) is 5.61. The summed E-state index contributed by atoms with van der Waals surface area (Å²) in [6, 6.07) is 9.05. The number of nitrogens with one attached hydrogen (secondary N) is 2. The maximum atomic E-state index is 4.38. The molecular formula is C15H20IN5. The Morgan fingerprint density at radius 1 is 1.29 bits per heavy atom. The van der Waals surface area contributed by atoms with Crippen molar-refractivity contribution >= 4 is 29.9 Å². The molecule has 6 heteroatoms. The summed E-state index contributed by atoms with van der Waals surface area (Å²) in [5.74, 6) is 0.903. The highest BCUT2D eigenvalue weighted by atomic mass is 127. The lowest BCUT2D eigenvalue weighted by Crippen LogP contribution is -2.37. The minimum absolute atomic E-state index is 0. The van der Waals surface area contributed by atoms with E-state index in [1.165, 1.54) is 11.1 Å². The molecular weight excluding hydrogens is 377 g/mol. The first kappa shape index (κ1) is 15.8. The molecule has 0 fully saturated rings. The van der Waals surface area contributed by atoms with Gasteiger partial charge >= 0.3 is 0 Å². The lowest BCUT2D eigenvalue weighted by atomic mass is 10.1. The molecule has 2 heterocycles. The number of halogens is 1. The first-order valence-corrected chi connectivity index (χ1v) is 6.88. The zero-order chi connectivity index (χ0) is 13.8. The Labute approximate surface area is 141 Å². The maximum Gasteiger partial charge on any atom is 0.191 e. The minimum Gasteiger partial charge on any atom is -0.352 e. The van der Waals surface area contributed by atoms with E-state index in [4.69, 9.17) is 0 Å². The maximum absolute atomic E-state index is 4.38. The Bertz CT molecular complexity index is 577. The van der Waals surface area contributed by atoms with Crippen LogP contribution >= 0.6 is 24.0 Å². The SMILES string of the molecule is CC1CN=C(NCc2ccc(Cn3ccnc3)cc2)N1.I. The second kappa shape index (κ2) is 7.44. The molecule has 1 atom stereocenters. The van der Waals surface area contributed by atoms with E-state index < -0.39 is 0 Å². The standard InChI is InChI=1S/C15H19N5.HI/c1-12-8-17-15(19-12)18-9-13-2-4-14(5-3-13)10-20-7-6-16-11-20;/h2-7,11-12H,8-10H2,1H3,(H2,17,18,19);1H. The van der Waals surface area contributed by atoms with Gasteiger partial charge in [0.1, 0.15) is 0 Å². The monoisotopic (exact) mass is 397 g/mol. The van der Waals surface area contributed by atoms with Gasteiger partial charge in [0, 0.05) is 31.5 Å². The number of benzene rings is 1. The van der Waals surface area contributed by atoms with Crippen LogP contribution in [-0.4, -0.2) is 28.1 Å². The lowest BCUT2D eigenvalue weighted by molar-refractivity contribution is 0.713. The first-order chi connectivity index (χ1) is 9.79. The molecule has 2 aromatic rings. The van der Waals surface area contributed by atoms with Crippen LogP contribution in [0.2, 0.25) is 0 Å². The van der Waals surface area contributed by atoms with Gasteiger partial charge in [-0.15, -0.1) is 24.0 Å². The molecule has 1 aliphatic rings. The smallest absolute Gasteiger partial charge is 0.191 e. The third-order valence-electron chi connectivity index (χ3n) is 3.31. The van der Waals surface area contributed by atoms with Gasteiger partial charge in [-0.2, -0.15) is 0 Å². The second-order valence-corrected chi connectivity index (χ2v) is 5.14. The average molecular weight is 397 g/mol. The number of imidazole rings is 1. The zero-order valence-electron chi connectivity index (χ0n) is 12.0. The van der Waals surface area contributed by atoms with Gasteiger partial charge in [0.25, 0.3) is 0 Å². The third-order valence-corrected chi connectivity index (χ3v) is 3.31. The predicted molar refractivity (Wildman–Crippen MR) is 94.9 cm³/mol. The van der Waals surface area contributed by atoms with Gasteiger partial charge in [0.05, 0.1) is 12.9 Å². The summed E-state index contributed by atoms with van der Waals surface area (Å²) in [4.78, 5) is 8.43. The van der Waals surface area contributed by atoms with Crippen molar-refractivity contribution in [3.05, 3.63) is 54.1 Å². The van der Waals surface area contributed by atoms with E-state index in [0.717, 1.165) is 25.6 Å². The van der Waals surface area contributed by atoms with Crippen molar-refractivity contribution < 1.29 is 0 Å².